The topological polar surface area (TPSA) is 110 Å². The highest BCUT2D eigenvalue weighted by molar-refractivity contribution is 7.92. The molecular weight excluding hydrogens is 452 g/mol. The van der Waals surface area contributed by atoms with E-state index in [0.29, 0.717) is 18.7 Å². The number of nitrogens with one attached hydrogen (secondary N) is 2. The summed E-state index contributed by atoms with van der Waals surface area (Å²) in [7, 11) is -3.82. The number of carbonyl (C=O) groups is 1. The second-order valence-corrected chi connectivity index (χ2v) is 9.13. The first-order valence-electron chi connectivity index (χ1n) is 9.84. The molecule has 2 aromatic carbocycles. The van der Waals surface area contributed by atoms with E-state index in [2.05, 4.69) is 20.0 Å². The molecule has 0 unspecified atom stereocenters. The zero-order valence-electron chi connectivity index (χ0n) is 17.6. The van der Waals surface area contributed by atoms with E-state index in [4.69, 9.17) is 16.3 Å². The largest absolute Gasteiger partial charge is 0.494 e. The van der Waals surface area contributed by atoms with Gasteiger partial charge in [0.2, 0.25) is 11.9 Å². The van der Waals surface area contributed by atoms with Crippen LogP contribution < -0.4 is 14.8 Å². The lowest BCUT2D eigenvalue weighted by molar-refractivity contribution is -0.116. The molecule has 0 fully saturated rings. The molecule has 0 radical (unpaired) electrons. The number of hydrogen-bond donors (Lipinski definition) is 2. The lowest BCUT2D eigenvalue weighted by Gasteiger charge is -2.10. The molecule has 168 valence electrons. The maximum Gasteiger partial charge on any atom is 0.264 e. The van der Waals surface area contributed by atoms with Crippen molar-refractivity contribution >= 4 is 39.2 Å². The highest BCUT2D eigenvalue weighted by atomic mass is 35.5. The molecule has 0 bridgehead atoms. The first kappa shape index (κ1) is 23.5. The number of ether oxygens (including phenoxy) is 1. The predicted octanol–water partition coefficient (Wildman–Crippen LogP) is 4.35. The molecule has 1 heterocycles. The van der Waals surface area contributed by atoms with Crippen LogP contribution in [0.1, 0.15) is 24.0 Å². The molecule has 1 aromatic heterocycles. The van der Waals surface area contributed by atoms with E-state index in [1.807, 2.05) is 26.0 Å². The first-order valence-corrected chi connectivity index (χ1v) is 11.7. The Bertz CT molecular complexity index is 1160. The fourth-order valence-electron chi connectivity index (χ4n) is 2.88. The van der Waals surface area contributed by atoms with Gasteiger partial charge in [0, 0.05) is 29.5 Å². The van der Waals surface area contributed by atoms with Crippen LogP contribution in [0, 0.1) is 13.8 Å². The van der Waals surface area contributed by atoms with Gasteiger partial charge in [-0.3, -0.25) is 4.79 Å². The SMILES string of the molecule is Cc1cc(OCCCC(=O)Nc2ccc(S(=O)(=O)Nc3ncccn3)cc2)cc(C)c1Cl. The van der Waals surface area contributed by atoms with Gasteiger partial charge in [0.1, 0.15) is 5.75 Å². The molecule has 0 aliphatic carbocycles. The molecule has 3 rings (SSSR count). The van der Waals surface area contributed by atoms with Crippen molar-refractivity contribution in [2.75, 3.05) is 16.6 Å². The Labute approximate surface area is 192 Å². The summed E-state index contributed by atoms with van der Waals surface area (Å²) >= 11 is 6.15. The van der Waals surface area contributed by atoms with Crippen LogP contribution in [0.4, 0.5) is 11.6 Å². The number of aryl methyl sites for hydroxylation is 2. The van der Waals surface area contributed by atoms with Crippen LogP contribution in [0.5, 0.6) is 5.75 Å². The Kier molecular flexibility index (Phi) is 7.66. The molecule has 0 aliphatic rings. The van der Waals surface area contributed by atoms with Crippen molar-refractivity contribution in [2.45, 2.75) is 31.6 Å². The third-order valence-corrected chi connectivity index (χ3v) is 6.41. The van der Waals surface area contributed by atoms with Gasteiger partial charge in [0.25, 0.3) is 10.0 Å². The van der Waals surface area contributed by atoms with Gasteiger partial charge < -0.3 is 10.1 Å². The maximum absolute atomic E-state index is 12.4. The second-order valence-electron chi connectivity index (χ2n) is 7.07. The molecule has 1 amide bonds. The Morgan fingerprint density at radius 1 is 1.06 bits per heavy atom. The highest BCUT2D eigenvalue weighted by Crippen LogP contribution is 2.26. The van der Waals surface area contributed by atoms with Crippen molar-refractivity contribution in [3.63, 3.8) is 0 Å². The zero-order valence-corrected chi connectivity index (χ0v) is 19.2. The van der Waals surface area contributed by atoms with Crippen molar-refractivity contribution in [1.82, 2.24) is 9.97 Å². The van der Waals surface area contributed by atoms with E-state index in [9.17, 15) is 13.2 Å². The van der Waals surface area contributed by atoms with Crippen LogP contribution in [0.3, 0.4) is 0 Å². The summed E-state index contributed by atoms with van der Waals surface area (Å²) in [4.78, 5) is 19.9. The summed E-state index contributed by atoms with van der Waals surface area (Å²) in [6, 6.07) is 11.2. The van der Waals surface area contributed by atoms with Gasteiger partial charge in [-0.15, -0.1) is 0 Å². The standard InChI is InChI=1S/C22H23ClN4O4S/c1-15-13-18(14-16(2)21(15)23)31-12-3-5-20(28)26-17-6-8-19(9-7-17)32(29,30)27-22-24-10-4-11-25-22/h4,6-11,13-14H,3,5,12H2,1-2H3,(H,26,28)(H,24,25,27). The minimum absolute atomic E-state index is 0.0176. The van der Waals surface area contributed by atoms with Crippen LogP contribution in [0.2, 0.25) is 5.02 Å². The van der Waals surface area contributed by atoms with Gasteiger partial charge in [0.05, 0.1) is 11.5 Å². The Morgan fingerprint density at radius 3 is 2.31 bits per heavy atom. The average molecular weight is 475 g/mol. The average Bonchev–Trinajstić information content (AvgIpc) is 2.76. The van der Waals surface area contributed by atoms with Crippen molar-refractivity contribution in [3.8, 4) is 5.75 Å². The number of benzene rings is 2. The molecular formula is C22H23ClN4O4S. The lowest BCUT2D eigenvalue weighted by atomic mass is 10.1. The summed E-state index contributed by atoms with van der Waals surface area (Å²) in [5.74, 6) is 0.510. The van der Waals surface area contributed by atoms with Gasteiger partial charge in [-0.25, -0.2) is 23.1 Å². The number of sulfonamides is 1. The molecule has 0 saturated carbocycles. The van der Waals surface area contributed by atoms with Gasteiger partial charge in [-0.05, 0) is 73.9 Å². The lowest BCUT2D eigenvalue weighted by Crippen LogP contribution is -2.15. The second kappa shape index (κ2) is 10.4. The van der Waals surface area contributed by atoms with Gasteiger partial charge >= 0.3 is 0 Å². The van der Waals surface area contributed by atoms with E-state index in [1.165, 1.54) is 36.7 Å². The number of aromatic nitrogens is 2. The number of halogens is 1. The minimum atomic E-state index is -3.82. The van der Waals surface area contributed by atoms with Crippen molar-refractivity contribution in [2.24, 2.45) is 0 Å². The van der Waals surface area contributed by atoms with Crippen molar-refractivity contribution in [3.05, 3.63) is 71.0 Å². The van der Waals surface area contributed by atoms with Crippen LogP contribution in [-0.4, -0.2) is 30.9 Å². The van der Waals surface area contributed by atoms with Crippen LogP contribution >= 0.6 is 11.6 Å². The number of nitrogens with zero attached hydrogens (tertiary/aromatic N) is 2. The maximum atomic E-state index is 12.4. The van der Waals surface area contributed by atoms with E-state index in [-0.39, 0.29) is 23.2 Å². The number of rotatable bonds is 9. The zero-order chi connectivity index (χ0) is 23.1. The number of carbonyl (C=O) groups excluding carboxylic acids is 1. The third kappa shape index (κ3) is 6.41. The Morgan fingerprint density at radius 2 is 1.69 bits per heavy atom. The first-order chi connectivity index (χ1) is 15.2. The normalized spacial score (nSPS) is 11.1. The summed E-state index contributed by atoms with van der Waals surface area (Å²) < 4.78 is 32.8. The smallest absolute Gasteiger partial charge is 0.264 e. The molecule has 0 saturated heterocycles. The van der Waals surface area contributed by atoms with E-state index in [1.54, 1.807) is 6.07 Å². The Hall–Kier alpha value is -3.17. The van der Waals surface area contributed by atoms with E-state index >= 15 is 0 Å². The minimum Gasteiger partial charge on any atom is -0.494 e. The van der Waals surface area contributed by atoms with Crippen LogP contribution in [-0.2, 0) is 14.8 Å². The number of anilines is 2. The highest BCUT2D eigenvalue weighted by Gasteiger charge is 2.15. The third-order valence-electron chi connectivity index (χ3n) is 4.47. The van der Waals surface area contributed by atoms with Crippen molar-refractivity contribution in [1.29, 1.82) is 0 Å². The fraction of sp³-hybridized carbons (Fsp3) is 0.227. The van der Waals surface area contributed by atoms with E-state index < -0.39 is 10.0 Å². The molecule has 0 atom stereocenters. The predicted molar refractivity (Wildman–Crippen MR) is 124 cm³/mol. The molecule has 2 N–H and O–H groups in total. The molecule has 10 heteroatoms. The molecule has 32 heavy (non-hydrogen) atoms. The molecule has 0 aliphatic heterocycles. The summed E-state index contributed by atoms with van der Waals surface area (Å²) in [6.45, 7) is 4.22. The van der Waals surface area contributed by atoms with Crippen LogP contribution in [0.15, 0.2) is 59.8 Å². The molecule has 8 nitrogen and oxygen atoms in total. The van der Waals surface area contributed by atoms with Crippen molar-refractivity contribution < 1.29 is 17.9 Å². The Balaban J connectivity index is 1.47. The monoisotopic (exact) mass is 474 g/mol. The van der Waals surface area contributed by atoms with Gasteiger partial charge in [-0.2, -0.15) is 0 Å². The number of amides is 1. The summed E-state index contributed by atoms with van der Waals surface area (Å²) in [6.07, 6.45) is 3.66. The van der Waals surface area contributed by atoms with E-state index in [0.717, 1.165) is 21.9 Å². The fourth-order valence-corrected chi connectivity index (χ4v) is 3.95. The quantitative estimate of drug-likeness (QED) is 0.446. The van der Waals surface area contributed by atoms with Gasteiger partial charge in [0.15, 0.2) is 0 Å². The summed E-state index contributed by atoms with van der Waals surface area (Å²) in [5, 5.41) is 3.46. The van der Waals surface area contributed by atoms with Crippen LogP contribution in [0.25, 0.3) is 0 Å². The summed E-state index contributed by atoms with van der Waals surface area (Å²) in [5.41, 5.74) is 2.38. The molecule has 3 aromatic rings. The number of hydrogen-bond acceptors (Lipinski definition) is 6. The molecule has 0 spiro atoms. The van der Waals surface area contributed by atoms with Gasteiger partial charge in [-0.1, -0.05) is 11.6 Å².